The van der Waals surface area contributed by atoms with E-state index < -0.39 is 5.97 Å². The molecule has 2 N–H and O–H groups in total. The second-order valence-electron chi connectivity index (χ2n) is 5.15. The number of rotatable bonds is 6. The Labute approximate surface area is 129 Å². The maximum atomic E-state index is 11.7. The maximum absolute atomic E-state index is 11.7. The molecule has 0 aliphatic carbocycles. The van der Waals surface area contributed by atoms with E-state index in [1.165, 1.54) is 4.68 Å². The van der Waals surface area contributed by atoms with Crippen LogP contribution in [0.15, 0.2) is 24.3 Å². The van der Waals surface area contributed by atoms with Crippen molar-refractivity contribution in [3.8, 4) is 11.4 Å². The predicted octanol–water partition coefficient (Wildman–Crippen LogP) is 2.06. The molecule has 0 aliphatic heterocycles. The predicted molar refractivity (Wildman–Crippen MR) is 82.1 cm³/mol. The lowest BCUT2D eigenvalue weighted by molar-refractivity contribution is 0.0520. The Morgan fingerprint density at radius 3 is 2.59 bits per heavy atom. The van der Waals surface area contributed by atoms with E-state index in [0.717, 1.165) is 5.75 Å². The van der Waals surface area contributed by atoms with Crippen molar-refractivity contribution >= 4 is 11.8 Å². The van der Waals surface area contributed by atoms with Gasteiger partial charge < -0.3 is 15.2 Å². The smallest absolute Gasteiger partial charge is 0.362 e. The molecule has 0 saturated heterocycles. The van der Waals surface area contributed by atoms with Gasteiger partial charge in [-0.1, -0.05) is 19.1 Å². The van der Waals surface area contributed by atoms with Crippen molar-refractivity contribution in [3.05, 3.63) is 30.0 Å². The summed E-state index contributed by atoms with van der Waals surface area (Å²) in [6, 6.07) is 7.25. The molecule has 0 aliphatic rings. The van der Waals surface area contributed by atoms with Gasteiger partial charge in [-0.15, -0.1) is 5.10 Å². The third kappa shape index (κ3) is 3.55. The average molecular weight is 304 g/mol. The quantitative estimate of drug-likeness (QED) is 0.821. The van der Waals surface area contributed by atoms with Gasteiger partial charge >= 0.3 is 5.97 Å². The molecule has 2 rings (SSSR count). The van der Waals surface area contributed by atoms with Crippen LogP contribution in [0.4, 0.5) is 5.82 Å². The zero-order valence-corrected chi connectivity index (χ0v) is 12.9. The topological polar surface area (TPSA) is 92.3 Å². The molecule has 1 aromatic carbocycles. The molecule has 1 heterocycles. The standard InChI is InChI=1S/C15H20N4O3/c1-4-21-15(20)13-14(16)19(18-17-13)11-5-7-12(8-6-11)22-9-10(2)3/h5-8,10H,4,9,16H2,1-3H3. The SMILES string of the molecule is CCOC(=O)c1nnn(-c2ccc(OCC(C)C)cc2)c1N. The highest BCUT2D eigenvalue weighted by Crippen LogP contribution is 2.19. The van der Waals surface area contributed by atoms with E-state index in [1.807, 2.05) is 12.1 Å². The van der Waals surface area contributed by atoms with Crippen molar-refractivity contribution in [1.82, 2.24) is 15.0 Å². The molecule has 7 heteroatoms. The van der Waals surface area contributed by atoms with Crippen LogP contribution in [0, 0.1) is 5.92 Å². The van der Waals surface area contributed by atoms with E-state index in [2.05, 4.69) is 24.2 Å². The van der Waals surface area contributed by atoms with Crippen LogP contribution in [0.5, 0.6) is 5.75 Å². The number of benzene rings is 1. The van der Waals surface area contributed by atoms with Crippen molar-refractivity contribution in [2.75, 3.05) is 18.9 Å². The van der Waals surface area contributed by atoms with Gasteiger partial charge in [0.05, 0.1) is 18.9 Å². The third-order valence-corrected chi connectivity index (χ3v) is 2.84. The van der Waals surface area contributed by atoms with Crippen molar-refractivity contribution in [2.45, 2.75) is 20.8 Å². The molecule has 0 atom stereocenters. The number of esters is 1. The minimum absolute atomic E-state index is 0.0157. The normalized spacial score (nSPS) is 10.7. The molecule has 0 amide bonds. The highest BCUT2D eigenvalue weighted by Gasteiger charge is 2.19. The van der Waals surface area contributed by atoms with Gasteiger partial charge in [-0.05, 0) is 37.1 Å². The van der Waals surface area contributed by atoms with Gasteiger partial charge in [0, 0.05) is 0 Å². The Kier molecular flexibility index (Phi) is 4.98. The summed E-state index contributed by atoms with van der Waals surface area (Å²) in [6.45, 7) is 6.79. The Morgan fingerprint density at radius 1 is 1.32 bits per heavy atom. The fraction of sp³-hybridized carbons (Fsp3) is 0.400. The van der Waals surface area contributed by atoms with Crippen LogP contribution in [0.25, 0.3) is 5.69 Å². The molecule has 2 aromatic rings. The van der Waals surface area contributed by atoms with E-state index >= 15 is 0 Å². The monoisotopic (exact) mass is 304 g/mol. The number of carbonyl (C=O) groups excluding carboxylic acids is 1. The lowest BCUT2D eigenvalue weighted by atomic mass is 10.2. The van der Waals surface area contributed by atoms with Crippen LogP contribution in [0.1, 0.15) is 31.3 Å². The van der Waals surface area contributed by atoms with Crippen molar-refractivity contribution in [1.29, 1.82) is 0 Å². The fourth-order valence-electron chi connectivity index (χ4n) is 1.77. The van der Waals surface area contributed by atoms with E-state index in [0.29, 0.717) is 18.2 Å². The highest BCUT2D eigenvalue weighted by atomic mass is 16.5. The minimum Gasteiger partial charge on any atom is -0.493 e. The summed E-state index contributed by atoms with van der Waals surface area (Å²) in [4.78, 5) is 11.7. The number of hydrogen-bond donors (Lipinski definition) is 1. The van der Waals surface area contributed by atoms with Gasteiger partial charge in [-0.2, -0.15) is 4.68 Å². The number of nitrogens with two attached hydrogens (primary N) is 1. The molecule has 118 valence electrons. The Balaban J connectivity index is 2.17. The van der Waals surface area contributed by atoms with Crippen molar-refractivity contribution in [3.63, 3.8) is 0 Å². The summed E-state index contributed by atoms with van der Waals surface area (Å²) in [6.07, 6.45) is 0. The summed E-state index contributed by atoms with van der Waals surface area (Å²) >= 11 is 0. The van der Waals surface area contributed by atoms with Gasteiger partial charge in [0.2, 0.25) is 5.69 Å². The van der Waals surface area contributed by atoms with Gasteiger partial charge in [0.15, 0.2) is 5.82 Å². The summed E-state index contributed by atoms with van der Waals surface area (Å²) in [5, 5.41) is 7.67. The first-order chi connectivity index (χ1) is 10.5. The molecule has 22 heavy (non-hydrogen) atoms. The van der Waals surface area contributed by atoms with E-state index in [1.54, 1.807) is 19.1 Å². The van der Waals surface area contributed by atoms with Crippen molar-refractivity contribution in [2.24, 2.45) is 5.92 Å². The number of nitrogens with zero attached hydrogens (tertiary/aromatic N) is 3. The average Bonchev–Trinajstić information content (AvgIpc) is 2.88. The summed E-state index contributed by atoms with van der Waals surface area (Å²) in [7, 11) is 0. The van der Waals surface area contributed by atoms with Gasteiger partial charge in [-0.25, -0.2) is 4.79 Å². The number of carbonyl (C=O) groups is 1. The van der Waals surface area contributed by atoms with E-state index in [4.69, 9.17) is 15.2 Å². The first-order valence-electron chi connectivity index (χ1n) is 7.14. The van der Waals surface area contributed by atoms with Crippen molar-refractivity contribution < 1.29 is 14.3 Å². The maximum Gasteiger partial charge on any atom is 0.362 e. The second-order valence-corrected chi connectivity index (χ2v) is 5.15. The number of hydrogen-bond acceptors (Lipinski definition) is 6. The summed E-state index contributed by atoms with van der Waals surface area (Å²) in [5.41, 5.74) is 6.62. The number of aromatic nitrogens is 3. The summed E-state index contributed by atoms with van der Waals surface area (Å²) < 4.78 is 11.9. The largest absolute Gasteiger partial charge is 0.493 e. The summed E-state index contributed by atoms with van der Waals surface area (Å²) in [5.74, 6) is 0.789. The number of nitrogen functional groups attached to an aromatic ring is 1. The molecule has 0 fully saturated rings. The van der Waals surface area contributed by atoms with E-state index in [9.17, 15) is 4.79 Å². The van der Waals surface area contributed by atoms with Crippen LogP contribution >= 0.6 is 0 Å². The van der Waals surface area contributed by atoms with Crippen LogP contribution in [0.2, 0.25) is 0 Å². The Morgan fingerprint density at radius 2 is 2.00 bits per heavy atom. The first-order valence-corrected chi connectivity index (χ1v) is 7.14. The molecule has 7 nitrogen and oxygen atoms in total. The molecule has 0 spiro atoms. The van der Waals surface area contributed by atoms with Crippen LogP contribution in [-0.2, 0) is 4.74 Å². The Hall–Kier alpha value is -2.57. The number of ether oxygens (including phenoxy) is 2. The van der Waals surface area contributed by atoms with E-state index in [-0.39, 0.29) is 18.1 Å². The van der Waals surface area contributed by atoms with Crippen LogP contribution in [0.3, 0.4) is 0 Å². The minimum atomic E-state index is -0.580. The van der Waals surface area contributed by atoms with Crippen LogP contribution in [-0.4, -0.2) is 34.2 Å². The van der Waals surface area contributed by atoms with Gasteiger partial charge in [0.1, 0.15) is 5.75 Å². The fourth-order valence-corrected chi connectivity index (χ4v) is 1.77. The zero-order valence-electron chi connectivity index (χ0n) is 12.9. The molecule has 0 radical (unpaired) electrons. The highest BCUT2D eigenvalue weighted by molar-refractivity contribution is 5.92. The molecular formula is C15H20N4O3. The van der Waals surface area contributed by atoms with Gasteiger partial charge in [0.25, 0.3) is 0 Å². The first kappa shape index (κ1) is 15.8. The lowest BCUT2D eigenvalue weighted by Crippen LogP contribution is -2.09. The molecule has 0 unspecified atom stereocenters. The number of anilines is 1. The zero-order chi connectivity index (χ0) is 16.1. The Bertz CT molecular complexity index is 635. The molecule has 0 bridgehead atoms. The molecule has 1 aromatic heterocycles. The second kappa shape index (κ2) is 6.93. The van der Waals surface area contributed by atoms with Crippen LogP contribution < -0.4 is 10.5 Å². The lowest BCUT2D eigenvalue weighted by Gasteiger charge is -2.09. The molecular weight excluding hydrogens is 284 g/mol. The third-order valence-electron chi connectivity index (χ3n) is 2.84. The molecule has 0 saturated carbocycles. The van der Waals surface area contributed by atoms with Gasteiger partial charge in [-0.3, -0.25) is 0 Å².